The van der Waals surface area contributed by atoms with E-state index in [0.717, 1.165) is 23.0 Å². The SMILES string of the molecule is O=C(O)c1cccc(-c2cnc(Nc3ccc(F)c(Cl)c3)nc2-n2ccc(C(F)(F)F)n2)c1. The van der Waals surface area contributed by atoms with Gasteiger partial charge in [0.2, 0.25) is 5.95 Å². The van der Waals surface area contributed by atoms with Crippen molar-refractivity contribution in [3.05, 3.63) is 83.0 Å². The van der Waals surface area contributed by atoms with Crippen LogP contribution in [0.1, 0.15) is 16.1 Å². The highest BCUT2D eigenvalue weighted by Crippen LogP contribution is 2.31. The predicted molar refractivity (Wildman–Crippen MR) is 111 cm³/mol. The fourth-order valence-corrected chi connectivity index (χ4v) is 3.11. The molecular weight excluding hydrogens is 466 g/mol. The van der Waals surface area contributed by atoms with Crippen LogP contribution in [-0.2, 0) is 6.18 Å². The Morgan fingerprint density at radius 1 is 1.12 bits per heavy atom. The molecule has 0 fully saturated rings. The second-order valence-electron chi connectivity index (χ2n) is 6.71. The first-order chi connectivity index (χ1) is 15.6. The van der Waals surface area contributed by atoms with Gasteiger partial charge in [-0.3, -0.25) is 0 Å². The summed E-state index contributed by atoms with van der Waals surface area (Å²) in [5.41, 5.74) is -0.239. The van der Waals surface area contributed by atoms with Crippen LogP contribution in [0.25, 0.3) is 16.9 Å². The maximum absolute atomic E-state index is 13.4. The number of hydrogen-bond acceptors (Lipinski definition) is 5. The van der Waals surface area contributed by atoms with Crippen molar-refractivity contribution < 1.29 is 27.5 Å². The largest absolute Gasteiger partial charge is 0.478 e. The molecule has 2 N–H and O–H groups in total. The molecule has 0 aliphatic heterocycles. The van der Waals surface area contributed by atoms with Crippen LogP contribution in [0.2, 0.25) is 5.02 Å². The van der Waals surface area contributed by atoms with Crippen molar-refractivity contribution in [3.63, 3.8) is 0 Å². The van der Waals surface area contributed by atoms with Gasteiger partial charge in [-0.2, -0.15) is 23.3 Å². The molecule has 33 heavy (non-hydrogen) atoms. The number of halogens is 5. The summed E-state index contributed by atoms with van der Waals surface area (Å²) in [6.45, 7) is 0. The molecule has 168 valence electrons. The van der Waals surface area contributed by atoms with Gasteiger partial charge in [0.1, 0.15) is 5.82 Å². The van der Waals surface area contributed by atoms with Crippen LogP contribution in [0.5, 0.6) is 0 Å². The number of rotatable bonds is 5. The predicted octanol–water partition coefficient (Wildman–Crippen LogP) is 5.58. The number of nitrogens with one attached hydrogen (secondary N) is 1. The molecule has 2 aromatic carbocycles. The Balaban J connectivity index is 1.82. The molecular formula is C21H12ClF4N5O2. The van der Waals surface area contributed by atoms with E-state index in [0.29, 0.717) is 11.3 Å². The normalized spacial score (nSPS) is 11.4. The average Bonchev–Trinajstić information content (AvgIpc) is 3.27. The molecule has 0 atom stereocenters. The number of benzene rings is 2. The summed E-state index contributed by atoms with van der Waals surface area (Å²) in [5.74, 6) is -1.88. The summed E-state index contributed by atoms with van der Waals surface area (Å²) >= 11 is 5.77. The van der Waals surface area contributed by atoms with E-state index in [1.165, 1.54) is 36.5 Å². The molecule has 0 amide bonds. The molecule has 0 bridgehead atoms. The molecule has 2 heterocycles. The molecule has 0 radical (unpaired) electrons. The third kappa shape index (κ3) is 4.77. The third-order valence-corrected chi connectivity index (χ3v) is 4.75. The van der Waals surface area contributed by atoms with E-state index in [1.54, 1.807) is 6.07 Å². The van der Waals surface area contributed by atoms with Crippen molar-refractivity contribution in [2.24, 2.45) is 0 Å². The Labute approximate surface area is 188 Å². The van der Waals surface area contributed by atoms with Gasteiger partial charge >= 0.3 is 12.1 Å². The van der Waals surface area contributed by atoms with Crippen LogP contribution < -0.4 is 5.32 Å². The molecule has 0 aliphatic rings. The maximum Gasteiger partial charge on any atom is 0.435 e. The van der Waals surface area contributed by atoms with Crippen LogP contribution >= 0.6 is 11.6 Å². The fourth-order valence-electron chi connectivity index (χ4n) is 2.93. The van der Waals surface area contributed by atoms with Gasteiger partial charge in [0, 0.05) is 23.6 Å². The van der Waals surface area contributed by atoms with Crippen LogP contribution in [0.4, 0.5) is 29.2 Å². The van der Waals surface area contributed by atoms with E-state index in [2.05, 4.69) is 20.4 Å². The summed E-state index contributed by atoms with van der Waals surface area (Å²) < 4.78 is 53.6. The molecule has 0 spiro atoms. The lowest BCUT2D eigenvalue weighted by Gasteiger charge is -2.12. The molecule has 2 aromatic heterocycles. The molecule has 0 saturated carbocycles. The van der Waals surface area contributed by atoms with Crippen LogP contribution in [0.3, 0.4) is 0 Å². The molecule has 0 aliphatic carbocycles. The lowest BCUT2D eigenvalue weighted by molar-refractivity contribution is -0.141. The Morgan fingerprint density at radius 2 is 1.91 bits per heavy atom. The minimum absolute atomic E-state index is 0.0296. The number of carboxylic acid groups (broad SMARTS) is 1. The lowest BCUT2D eigenvalue weighted by Crippen LogP contribution is -2.10. The van der Waals surface area contributed by atoms with E-state index in [9.17, 15) is 27.5 Å². The van der Waals surface area contributed by atoms with Gasteiger partial charge in [-0.05, 0) is 42.0 Å². The molecule has 4 rings (SSSR count). The summed E-state index contributed by atoms with van der Waals surface area (Å²) in [6.07, 6.45) is -2.28. The number of aromatic carboxylic acids is 1. The Hall–Kier alpha value is -3.99. The van der Waals surface area contributed by atoms with E-state index < -0.39 is 23.7 Å². The highest BCUT2D eigenvalue weighted by molar-refractivity contribution is 6.31. The molecule has 7 nitrogen and oxygen atoms in total. The number of alkyl halides is 3. The first kappa shape index (κ1) is 22.2. The average molecular weight is 478 g/mol. The summed E-state index contributed by atoms with van der Waals surface area (Å²) in [5, 5.41) is 15.5. The number of nitrogens with zero attached hydrogens (tertiary/aromatic N) is 4. The summed E-state index contributed by atoms with van der Waals surface area (Å²) in [7, 11) is 0. The van der Waals surface area contributed by atoms with Gasteiger partial charge < -0.3 is 10.4 Å². The van der Waals surface area contributed by atoms with Gasteiger partial charge in [-0.25, -0.2) is 18.9 Å². The number of hydrogen-bond donors (Lipinski definition) is 2. The highest BCUT2D eigenvalue weighted by atomic mass is 35.5. The zero-order valence-electron chi connectivity index (χ0n) is 16.3. The van der Waals surface area contributed by atoms with E-state index >= 15 is 0 Å². The summed E-state index contributed by atoms with van der Waals surface area (Å²) in [4.78, 5) is 19.8. The first-order valence-corrected chi connectivity index (χ1v) is 9.56. The number of anilines is 2. The fraction of sp³-hybridized carbons (Fsp3) is 0.0476. The highest BCUT2D eigenvalue weighted by Gasteiger charge is 2.34. The molecule has 4 aromatic rings. The maximum atomic E-state index is 13.4. The minimum atomic E-state index is -4.67. The van der Waals surface area contributed by atoms with Crippen LogP contribution in [0, 0.1) is 5.82 Å². The second-order valence-corrected chi connectivity index (χ2v) is 7.12. The van der Waals surface area contributed by atoms with Crippen molar-refractivity contribution in [2.45, 2.75) is 6.18 Å². The van der Waals surface area contributed by atoms with Gasteiger partial charge in [-0.15, -0.1) is 0 Å². The summed E-state index contributed by atoms with van der Waals surface area (Å²) in [6, 6.07) is 10.3. The third-order valence-electron chi connectivity index (χ3n) is 4.46. The van der Waals surface area contributed by atoms with Gasteiger partial charge in [0.05, 0.1) is 10.6 Å². The Kier molecular flexibility index (Phi) is 5.73. The zero-order chi connectivity index (χ0) is 23.8. The van der Waals surface area contributed by atoms with Crippen LogP contribution in [0.15, 0.2) is 60.9 Å². The van der Waals surface area contributed by atoms with E-state index in [4.69, 9.17) is 11.6 Å². The van der Waals surface area contributed by atoms with E-state index in [-0.39, 0.29) is 27.9 Å². The smallest absolute Gasteiger partial charge is 0.435 e. The number of aromatic nitrogens is 4. The van der Waals surface area contributed by atoms with Crippen molar-refractivity contribution >= 4 is 29.2 Å². The molecule has 0 saturated heterocycles. The molecule has 12 heteroatoms. The van der Waals surface area contributed by atoms with Crippen molar-refractivity contribution in [2.75, 3.05) is 5.32 Å². The zero-order valence-corrected chi connectivity index (χ0v) is 17.1. The minimum Gasteiger partial charge on any atom is -0.478 e. The topological polar surface area (TPSA) is 92.9 Å². The van der Waals surface area contributed by atoms with Crippen molar-refractivity contribution in [1.29, 1.82) is 0 Å². The quantitative estimate of drug-likeness (QED) is 0.364. The van der Waals surface area contributed by atoms with E-state index in [1.807, 2.05) is 0 Å². The first-order valence-electron chi connectivity index (χ1n) is 9.18. The number of carbonyl (C=O) groups is 1. The van der Waals surface area contributed by atoms with Gasteiger partial charge in [0.15, 0.2) is 11.5 Å². The monoisotopic (exact) mass is 477 g/mol. The van der Waals surface area contributed by atoms with Crippen LogP contribution in [-0.4, -0.2) is 30.8 Å². The number of carboxylic acids is 1. The molecule has 0 unspecified atom stereocenters. The Bertz CT molecular complexity index is 1360. The Morgan fingerprint density at radius 3 is 2.58 bits per heavy atom. The van der Waals surface area contributed by atoms with Crippen molar-refractivity contribution in [3.8, 4) is 16.9 Å². The van der Waals surface area contributed by atoms with Gasteiger partial charge in [-0.1, -0.05) is 23.7 Å². The second kappa shape index (κ2) is 8.51. The van der Waals surface area contributed by atoms with Crippen molar-refractivity contribution in [1.82, 2.24) is 19.7 Å². The standard InChI is InChI=1S/C21H12ClF4N5O2/c22-15-9-13(4-5-16(15)23)28-20-27-10-14(11-2-1-3-12(8-11)19(32)33)18(29-20)31-7-6-17(30-31)21(24,25)26/h1-10H,(H,32,33)(H,27,28,29). The lowest BCUT2D eigenvalue weighted by atomic mass is 10.0. The van der Waals surface area contributed by atoms with Gasteiger partial charge in [0.25, 0.3) is 0 Å².